The molecule has 3 N–H and O–H groups in total. The maximum absolute atomic E-state index is 12.8. The summed E-state index contributed by atoms with van der Waals surface area (Å²) in [6, 6.07) is 6.12. The number of carboxylic acid groups (broad SMARTS) is 1. The van der Waals surface area contributed by atoms with Gasteiger partial charge in [0.2, 0.25) is 0 Å². The van der Waals surface area contributed by atoms with E-state index in [0.717, 1.165) is 30.6 Å². The van der Waals surface area contributed by atoms with Crippen molar-refractivity contribution in [2.24, 2.45) is 11.8 Å². The van der Waals surface area contributed by atoms with Crippen molar-refractivity contribution < 1.29 is 14.7 Å². The number of carboxylic acids is 1. The van der Waals surface area contributed by atoms with Gasteiger partial charge in [-0.25, -0.2) is 14.8 Å². The molecule has 0 aliphatic heterocycles. The van der Waals surface area contributed by atoms with E-state index in [2.05, 4.69) is 45.4 Å². The Labute approximate surface area is 194 Å². The first-order valence-electron chi connectivity index (χ1n) is 11.9. The van der Waals surface area contributed by atoms with Crippen molar-refractivity contribution in [1.29, 1.82) is 0 Å². The van der Waals surface area contributed by atoms with Gasteiger partial charge in [-0.05, 0) is 48.8 Å². The van der Waals surface area contributed by atoms with Gasteiger partial charge in [-0.15, -0.1) is 0 Å². The maximum atomic E-state index is 12.8. The van der Waals surface area contributed by atoms with Crippen molar-refractivity contribution >= 4 is 29.1 Å². The van der Waals surface area contributed by atoms with Gasteiger partial charge in [-0.3, -0.25) is 4.79 Å². The van der Waals surface area contributed by atoms with Crippen molar-refractivity contribution in [3.63, 3.8) is 0 Å². The highest BCUT2D eigenvalue weighted by Crippen LogP contribution is 2.49. The second-order valence-corrected chi connectivity index (χ2v) is 9.61. The van der Waals surface area contributed by atoms with Crippen molar-refractivity contribution in [3.05, 3.63) is 42.5 Å². The Balaban J connectivity index is 1.63. The molecular formula is C25H33N5O3. The number of carbonyl (C=O) groups excluding carboxylic acids is 1. The van der Waals surface area contributed by atoms with Crippen LogP contribution >= 0.6 is 0 Å². The minimum atomic E-state index is -0.760. The Kier molecular flexibility index (Phi) is 7.11. The number of hydrogen-bond donors (Lipinski definition) is 3. The van der Waals surface area contributed by atoms with E-state index in [4.69, 9.17) is 0 Å². The molecule has 2 atom stereocenters. The van der Waals surface area contributed by atoms with Gasteiger partial charge in [0.15, 0.2) is 0 Å². The summed E-state index contributed by atoms with van der Waals surface area (Å²) in [5.41, 5.74) is 3.17. The number of hydrogen-bond acceptors (Lipinski definition) is 5. The first kappa shape index (κ1) is 23.0. The molecule has 8 nitrogen and oxygen atoms in total. The van der Waals surface area contributed by atoms with Crippen LogP contribution in [0.1, 0.15) is 63.9 Å². The Morgan fingerprint density at radius 3 is 2.48 bits per heavy atom. The molecule has 2 amide bonds. The normalized spacial score (nSPS) is 20.3. The lowest BCUT2D eigenvalue weighted by Crippen LogP contribution is -2.40. The smallest absolute Gasteiger partial charge is 0.323 e. The molecule has 2 unspecified atom stereocenters. The van der Waals surface area contributed by atoms with Gasteiger partial charge in [0.05, 0.1) is 35.4 Å². The van der Waals surface area contributed by atoms with Gasteiger partial charge in [0.25, 0.3) is 0 Å². The number of rotatable bonds is 8. The predicted octanol–water partition coefficient (Wildman–Crippen LogP) is 5.10. The summed E-state index contributed by atoms with van der Waals surface area (Å²) in [4.78, 5) is 34.6. The summed E-state index contributed by atoms with van der Waals surface area (Å²) in [5, 5.41) is 15.2. The van der Waals surface area contributed by atoms with Crippen LogP contribution in [0, 0.1) is 11.8 Å². The van der Waals surface area contributed by atoms with E-state index in [0.29, 0.717) is 29.8 Å². The average Bonchev–Trinajstić information content (AvgIpc) is 3.60. The summed E-state index contributed by atoms with van der Waals surface area (Å²) >= 11 is 0. The quantitative estimate of drug-likeness (QED) is 0.515. The molecule has 8 heteroatoms. The Hall–Kier alpha value is -3.16. The number of aliphatic carboxylic acids is 1. The molecule has 2 saturated carbocycles. The van der Waals surface area contributed by atoms with Crippen molar-refractivity contribution in [2.75, 3.05) is 22.1 Å². The molecule has 4 rings (SSSR count). The lowest BCUT2D eigenvalue weighted by molar-refractivity contribution is -0.138. The van der Waals surface area contributed by atoms with Crippen LogP contribution in [0.3, 0.4) is 0 Å². The molecule has 0 radical (unpaired) electrons. The number of nitrogens with zero attached hydrogens (tertiary/aromatic N) is 3. The van der Waals surface area contributed by atoms with Crippen molar-refractivity contribution in [2.45, 2.75) is 64.3 Å². The molecule has 2 fully saturated rings. The number of nitrogens with one attached hydrogen (secondary N) is 2. The summed E-state index contributed by atoms with van der Waals surface area (Å²) in [6.07, 6.45) is 11.1. The fourth-order valence-corrected chi connectivity index (χ4v) is 4.85. The summed E-state index contributed by atoms with van der Waals surface area (Å²) in [6.45, 7) is 5.32. The highest BCUT2D eigenvalue weighted by atomic mass is 16.4. The highest BCUT2D eigenvalue weighted by molar-refractivity contribution is 6.01. The molecule has 1 aromatic heterocycles. The molecule has 2 aliphatic carbocycles. The fraction of sp³-hybridized carbons (Fsp3) is 0.520. The number of urea groups is 1. The van der Waals surface area contributed by atoms with Gasteiger partial charge in [0, 0.05) is 12.6 Å². The van der Waals surface area contributed by atoms with E-state index in [9.17, 15) is 14.7 Å². The first-order chi connectivity index (χ1) is 15.9. The minimum Gasteiger partial charge on any atom is -0.481 e. The van der Waals surface area contributed by atoms with E-state index >= 15 is 0 Å². The van der Waals surface area contributed by atoms with Gasteiger partial charge in [-0.1, -0.05) is 39.2 Å². The van der Waals surface area contributed by atoms with Crippen LogP contribution in [0.15, 0.2) is 36.9 Å². The van der Waals surface area contributed by atoms with Crippen LogP contribution in [0.5, 0.6) is 0 Å². The molecule has 0 saturated heterocycles. The first-order valence-corrected chi connectivity index (χ1v) is 11.9. The zero-order valence-electron chi connectivity index (χ0n) is 19.3. The molecule has 0 spiro atoms. The maximum Gasteiger partial charge on any atom is 0.323 e. The second-order valence-electron chi connectivity index (χ2n) is 9.61. The monoisotopic (exact) mass is 451 g/mol. The Morgan fingerprint density at radius 1 is 1.12 bits per heavy atom. The molecule has 2 aromatic rings. The average molecular weight is 452 g/mol. The number of carbonyl (C=O) groups is 2. The molecular weight excluding hydrogens is 418 g/mol. The van der Waals surface area contributed by atoms with Gasteiger partial charge < -0.3 is 20.6 Å². The van der Waals surface area contributed by atoms with E-state index in [-0.39, 0.29) is 17.9 Å². The minimum absolute atomic E-state index is 0.00378. The van der Waals surface area contributed by atoms with E-state index in [1.54, 1.807) is 12.4 Å². The molecule has 1 heterocycles. The predicted molar refractivity (Wildman–Crippen MR) is 129 cm³/mol. The van der Waals surface area contributed by atoms with Gasteiger partial charge in [0.1, 0.15) is 6.33 Å². The third kappa shape index (κ3) is 5.80. The SMILES string of the molecule is CC(C)CN(c1ccc(C2CC2C(=O)O)cc1NC(=O)Nc1cncnc1)C1CCCCC1. The van der Waals surface area contributed by atoms with Crippen LogP contribution in [0.2, 0.25) is 0 Å². The van der Waals surface area contributed by atoms with Crippen LogP contribution in [0.25, 0.3) is 0 Å². The Morgan fingerprint density at radius 2 is 1.85 bits per heavy atom. The zero-order chi connectivity index (χ0) is 23.4. The van der Waals surface area contributed by atoms with Crippen LogP contribution in [-0.4, -0.2) is 39.7 Å². The lowest BCUT2D eigenvalue weighted by Gasteiger charge is -2.38. The van der Waals surface area contributed by atoms with E-state index < -0.39 is 5.97 Å². The number of aromatic nitrogens is 2. The van der Waals surface area contributed by atoms with Crippen molar-refractivity contribution in [3.8, 4) is 0 Å². The Bertz CT molecular complexity index is 975. The number of anilines is 3. The molecule has 33 heavy (non-hydrogen) atoms. The second kappa shape index (κ2) is 10.2. The van der Waals surface area contributed by atoms with Crippen molar-refractivity contribution in [1.82, 2.24) is 9.97 Å². The third-order valence-electron chi connectivity index (χ3n) is 6.51. The van der Waals surface area contributed by atoms with Crippen LogP contribution in [0.4, 0.5) is 21.9 Å². The van der Waals surface area contributed by atoms with Crippen LogP contribution in [-0.2, 0) is 4.79 Å². The molecule has 0 bridgehead atoms. The summed E-state index contributed by atoms with van der Waals surface area (Å²) in [5.74, 6) is -0.640. The molecule has 176 valence electrons. The highest BCUT2D eigenvalue weighted by Gasteiger charge is 2.44. The molecule has 2 aliphatic rings. The van der Waals surface area contributed by atoms with Gasteiger partial charge in [-0.2, -0.15) is 0 Å². The van der Waals surface area contributed by atoms with Gasteiger partial charge >= 0.3 is 12.0 Å². The standard InChI is InChI=1S/C25H33N5O3/c1-16(2)14-30(19-6-4-3-5-7-19)23-9-8-17(20-11-21(20)24(31)32)10-22(23)29-25(33)28-18-12-26-15-27-13-18/h8-10,12-13,15-16,19-21H,3-7,11,14H2,1-2H3,(H,31,32)(H2,28,29,33). The summed E-state index contributed by atoms with van der Waals surface area (Å²) in [7, 11) is 0. The van der Waals surface area contributed by atoms with E-state index in [1.165, 1.54) is 25.6 Å². The summed E-state index contributed by atoms with van der Waals surface area (Å²) < 4.78 is 0. The lowest BCUT2D eigenvalue weighted by atomic mass is 9.92. The fourth-order valence-electron chi connectivity index (χ4n) is 4.85. The molecule has 1 aromatic carbocycles. The third-order valence-corrected chi connectivity index (χ3v) is 6.51. The topological polar surface area (TPSA) is 107 Å². The number of amides is 2. The zero-order valence-corrected chi connectivity index (χ0v) is 19.3. The number of benzene rings is 1. The largest absolute Gasteiger partial charge is 0.481 e. The van der Waals surface area contributed by atoms with E-state index in [1.807, 2.05) is 12.1 Å². The van der Waals surface area contributed by atoms with Crippen LogP contribution < -0.4 is 15.5 Å².